The highest BCUT2D eigenvalue weighted by atomic mass is 16.5. The number of carbonyl (C=O) groups excluding carboxylic acids is 3. The summed E-state index contributed by atoms with van der Waals surface area (Å²) in [5.41, 5.74) is 9.11. The molecule has 3 saturated heterocycles. The molecule has 2 amide bonds. The maximum Gasteiger partial charge on any atom is 0.324 e. The number of nitrogens with one attached hydrogen (secondary N) is 2. The van der Waals surface area contributed by atoms with Crippen molar-refractivity contribution in [2.45, 2.75) is 108 Å². The minimum atomic E-state index is -1.12. The molecule has 5 aromatic rings. The van der Waals surface area contributed by atoms with Crippen LogP contribution in [0.2, 0.25) is 0 Å². The van der Waals surface area contributed by atoms with Gasteiger partial charge in [-0.15, -0.1) is 0 Å². The van der Waals surface area contributed by atoms with Gasteiger partial charge in [0.2, 0.25) is 11.8 Å². The van der Waals surface area contributed by atoms with Gasteiger partial charge in [-0.05, 0) is 107 Å². The highest BCUT2D eigenvalue weighted by Crippen LogP contribution is 2.53. The van der Waals surface area contributed by atoms with E-state index in [1.54, 1.807) is 18.7 Å². The lowest BCUT2D eigenvalue weighted by Gasteiger charge is -2.55. The number of hydrogen-bond donors (Lipinski definition) is 2. The van der Waals surface area contributed by atoms with Crippen molar-refractivity contribution in [2.24, 2.45) is 23.2 Å². The maximum atomic E-state index is 15.3. The number of oxazole rings is 1. The van der Waals surface area contributed by atoms with Gasteiger partial charge in [0.15, 0.2) is 0 Å². The Labute approximate surface area is 390 Å². The van der Waals surface area contributed by atoms with Gasteiger partial charge >= 0.3 is 5.97 Å². The standard InChI is InChI=1S/C51H59N11O5/c1-30-41(37-14-17-54-29-55-37)42(30)46(63)57-43-45(60-26-51(27-60)15-7-18-59(51)4)47-56-39(25-66-47)32-11-13-40-35(21-32)36(22-50(2,3)28-67-49(65)38-9-6-19-61(58-38)48(43)64)44(33-8-5-16-53-24-33)62(40)34-12-10-31(20-34)23-52/h5,8,11,13-14,16-17,21,24-25,29-31,34,38,41-43,45,58H,6-7,9-10,12,15,18-20,22,26-28H2,1-4H3,(H,57,63)/t30-,31+,34+,38-,41-,42+,43-,45-/m0/s1. The van der Waals surface area contributed by atoms with Crippen LogP contribution in [0.5, 0.6) is 0 Å². The van der Waals surface area contributed by atoms with Crippen LogP contribution < -0.4 is 10.7 Å². The zero-order valence-corrected chi connectivity index (χ0v) is 38.7. The lowest BCUT2D eigenvalue weighted by Crippen LogP contribution is -2.70. The second-order valence-corrected chi connectivity index (χ2v) is 20.9. The summed E-state index contributed by atoms with van der Waals surface area (Å²) in [7, 11) is 2.16. The van der Waals surface area contributed by atoms with Crippen LogP contribution in [0.1, 0.15) is 101 Å². The normalized spacial score (nSPS) is 29.6. The summed E-state index contributed by atoms with van der Waals surface area (Å²) in [5.74, 6) is -1.26. The molecule has 0 radical (unpaired) electrons. The second-order valence-electron chi connectivity index (χ2n) is 20.9. The fourth-order valence-electron chi connectivity index (χ4n) is 12.2. The molecule has 348 valence electrons. The number of fused-ring (bicyclic) bond motifs is 6. The van der Waals surface area contributed by atoms with Crippen LogP contribution in [0.3, 0.4) is 0 Å². The van der Waals surface area contributed by atoms with E-state index >= 15 is 4.79 Å². The van der Waals surface area contributed by atoms with Gasteiger partial charge < -0.3 is 19.0 Å². The van der Waals surface area contributed by atoms with Crippen molar-refractivity contribution in [3.05, 3.63) is 84.7 Å². The fourth-order valence-corrected chi connectivity index (χ4v) is 12.2. The molecular formula is C51H59N11O5. The van der Waals surface area contributed by atoms with E-state index in [4.69, 9.17) is 14.1 Å². The number of nitrogens with zero attached hydrogens (tertiary/aromatic N) is 9. The van der Waals surface area contributed by atoms with Crippen LogP contribution in [-0.2, 0) is 25.5 Å². The highest BCUT2D eigenvalue weighted by molar-refractivity contribution is 5.95. The minimum Gasteiger partial charge on any atom is -0.464 e. The average molecular weight is 906 g/mol. The Hall–Kier alpha value is -6.02. The summed E-state index contributed by atoms with van der Waals surface area (Å²) in [6.45, 7) is 9.07. The van der Waals surface area contributed by atoms with Crippen molar-refractivity contribution >= 4 is 28.7 Å². The van der Waals surface area contributed by atoms with Gasteiger partial charge in [0.1, 0.15) is 36.4 Å². The number of rotatable bonds is 6. The van der Waals surface area contributed by atoms with E-state index in [0.29, 0.717) is 50.5 Å². The third-order valence-corrected chi connectivity index (χ3v) is 15.9. The van der Waals surface area contributed by atoms with Crippen molar-refractivity contribution in [1.29, 1.82) is 5.26 Å². The largest absolute Gasteiger partial charge is 0.464 e. The quantitative estimate of drug-likeness (QED) is 0.190. The Kier molecular flexibility index (Phi) is 11.0. The third-order valence-electron chi connectivity index (χ3n) is 15.9. The first-order valence-corrected chi connectivity index (χ1v) is 24.1. The molecule has 5 fully saturated rings. The summed E-state index contributed by atoms with van der Waals surface area (Å²) in [4.78, 5) is 67.1. The van der Waals surface area contributed by atoms with Gasteiger partial charge in [0.25, 0.3) is 5.91 Å². The number of hydrogen-bond acceptors (Lipinski definition) is 13. The minimum absolute atomic E-state index is 0.00159. The average Bonchev–Trinajstić information content (AvgIpc) is 3.87. The topological polar surface area (TPSA) is 188 Å². The monoisotopic (exact) mass is 905 g/mol. The van der Waals surface area contributed by atoms with Crippen LogP contribution >= 0.6 is 0 Å². The third kappa shape index (κ3) is 7.78. The molecule has 11 rings (SSSR count). The molecule has 8 heterocycles. The number of likely N-dealkylation sites (N-methyl/N-ethyl adjacent to an activating group) is 1. The van der Waals surface area contributed by atoms with E-state index in [9.17, 15) is 14.9 Å². The number of hydrazine groups is 1. The zero-order valence-electron chi connectivity index (χ0n) is 38.7. The van der Waals surface area contributed by atoms with E-state index in [1.807, 2.05) is 25.3 Å². The number of amides is 2. The fraction of sp³-hybridized carbons (Fsp3) is 0.529. The lowest BCUT2D eigenvalue weighted by molar-refractivity contribution is -0.157. The van der Waals surface area contributed by atoms with Crippen LogP contribution in [0.4, 0.5) is 0 Å². The number of benzene rings is 1. The summed E-state index contributed by atoms with van der Waals surface area (Å²) in [5, 5.41) is 15.8. The summed E-state index contributed by atoms with van der Waals surface area (Å²) in [6.07, 6.45) is 14.7. The number of likely N-dealkylation sites (tertiary alicyclic amines) is 2. The van der Waals surface area contributed by atoms with E-state index in [2.05, 4.69) is 91.3 Å². The molecule has 8 atom stereocenters. The summed E-state index contributed by atoms with van der Waals surface area (Å²) >= 11 is 0. The van der Waals surface area contributed by atoms with Crippen molar-refractivity contribution in [3.63, 3.8) is 0 Å². The second kappa shape index (κ2) is 16.9. The molecule has 4 aromatic heterocycles. The molecule has 1 spiro atoms. The smallest absolute Gasteiger partial charge is 0.324 e. The van der Waals surface area contributed by atoms with Crippen LogP contribution in [0, 0.1) is 34.5 Å². The number of esters is 1. The number of carbonyl (C=O) groups is 3. The Morgan fingerprint density at radius 3 is 2.64 bits per heavy atom. The zero-order chi connectivity index (χ0) is 46.2. The first-order chi connectivity index (χ1) is 32.4. The van der Waals surface area contributed by atoms with Gasteiger partial charge in [0.05, 0.1) is 18.4 Å². The molecule has 67 heavy (non-hydrogen) atoms. The molecule has 2 aliphatic carbocycles. The van der Waals surface area contributed by atoms with Crippen LogP contribution in [0.15, 0.2) is 72.0 Å². The molecule has 1 aromatic carbocycles. The molecule has 16 nitrogen and oxygen atoms in total. The van der Waals surface area contributed by atoms with E-state index in [-0.39, 0.29) is 47.8 Å². The lowest BCUT2D eigenvalue weighted by atomic mass is 9.84. The SMILES string of the molecule is C[C@@H]1[C@@H](C(=O)N[C@@H]2C(=O)N3CCC[C@H](N3)C(=O)OCC(C)(C)Cc3c(-c4cccnc4)n([C@@H]4CC[C@@H](C#N)C4)c4ccc(cc34)-c3coc(n3)[C@H]2N2CC3(CCCN3C)C2)[C@@H]1c1ccncn1. The molecule has 2 N–H and O–H groups in total. The predicted molar refractivity (Wildman–Crippen MR) is 247 cm³/mol. The molecule has 6 bridgehead atoms. The van der Waals surface area contributed by atoms with Gasteiger partial charge in [-0.1, -0.05) is 26.8 Å². The Morgan fingerprint density at radius 2 is 1.90 bits per heavy atom. The van der Waals surface area contributed by atoms with E-state index < -0.39 is 35.4 Å². The van der Waals surface area contributed by atoms with Crippen molar-refractivity contribution < 1.29 is 23.5 Å². The number of aromatic nitrogens is 5. The maximum absolute atomic E-state index is 15.3. The molecule has 2 saturated carbocycles. The molecular weight excluding hydrogens is 847 g/mol. The van der Waals surface area contributed by atoms with Gasteiger partial charge in [0, 0.05) is 101 Å². The number of ether oxygens (including phenoxy) is 1. The number of pyridine rings is 1. The molecule has 4 aliphatic heterocycles. The molecule has 6 aliphatic rings. The van der Waals surface area contributed by atoms with Crippen LogP contribution in [0.25, 0.3) is 33.4 Å². The van der Waals surface area contributed by atoms with Gasteiger partial charge in [-0.3, -0.25) is 34.2 Å². The van der Waals surface area contributed by atoms with Crippen molar-refractivity contribution in [2.75, 3.05) is 39.8 Å². The van der Waals surface area contributed by atoms with Gasteiger partial charge in [-0.2, -0.15) is 5.26 Å². The summed E-state index contributed by atoms with van der Waals surface area (Å²) in [6, 6.07) is 12.3. The van der Waals surface area contributed by atoms with E-state index in [0.717, 1.165) is 77.6 Å². The Balaban J connectivity index is 1.05. The molecule has 0 unspecified atom stereocenters. The Morgan fingerprint density at radius 1 is 1.03 bits per heavy atom. The highest BCUT2D eigenvalue weighted by Gasteiger charge is 2.57. The van der Waals surface area contributed by atoms with E-state index in [1.165, 1.54) is 11.3 Å². The molecule has 16 heteroatoms. The first-order valence-electron chi connectivity index (χ1n) is 24.1. The van der Waals surface area contributed by atoms with Crippen molar-refractivity contribution in [1.82, 2.24) is 50.1 Å². The number of nitriles is 1. The van der Waals surface area contributed by atoms with Gasteiger partial charge in [-0.25, -0.2) is 20.4 Å². The Bertz CT molecular complexity index is 2740. The first kappa shape index (κ1) is 43.5. The van der Waals surface area contributed by atoms with Crippen LogP contribution in [-0.4, -0.2) is 115 Å². The summed E-state index contributed by atoms with van der Waals surface area (Å²) < 4.78 is 15.2. The van der Waals surface area contributed by atoms with Crippen molar-refractivity contribution in [3.8, 4) is 28.6 Å². The number of cyclic esters (lactones) is 1. The predicted octanol–water partition coefficient (Wildman–Crippen LogP) is 5.99.